The standard InChI is InChI=1S/C26H28N2O4/c1-19(32-24-15-11-21(12-16-24)20-7-4-3-5-8-20)25(29)28-23-13-9-22(10-14-23)26(30)27-17-6-18-31-2/h3-5,7-16,19H,6,17-18H2,1-2H3,(H,27,30)(H,28,29). The van der Waals surface area contributed by atoms with E-state index < -0.39 is 6.10 Å². The van der Waals surface area contributed by atoms with Crippen molar-refractivity contribution in [2.75, 3.05) is 25.6 Å². The van der Waals surface area contributed by atoms with Crippen LogP contribution in [0.1, 0.15) is 23.7 Å². The van der Waals surface area contributed by atoms with Crippen LogP contribution >= 0.6 is 0 Å². The second kappa shape index (κ2) is 11.7. The highest BCUT2D eigenvalue weighted by Gasteiger charge is 2.15. The van der Waals surface area contributed by atoms with E-state index in [1.165, 1.54) is 0 Å². The molecule has 0 saturated carbocycles. The van der Waals surface area contributed by atoms with Crippen LogP contribution in [-0.2, 0) is 9.53 Å². The highest BCUT2D eigenvalue weighted by Crippen LogP contribution is 2.23. The summed E-state index contributed by atoms with van der Waals surface area (Å²) in [7, 11) is 1.63. The average Bonchev–Trinajstić information content (AvgIpc) is 2.83. The third-order valence-electron chi connectivity index (χ3n) is 4.87. The number of hydrogen-bond donors (Lipinski definition) is 2. The quantitative estimate of drug-likeness (QED) is 0.462. The van der Waals surface area contributed by atoms with Crippen molar-refractivity contribution in [3.8, 4) is 16.9 Å². The Morgan fingerprint density at radius 3 is 2.19 bits per heavy atom. The highest BCUT2D eigenvalue weighted by atomic mass is 16.5. The summed E-state index contributed by atoms with van der Waals surface area (Å²) >= 11 is 0. The fraction of sp³-hybridized carbons (Fsp3) is 0.231. The van der Waals surface area contributed by atoms with Gasteiger partial charge in [-0.25, -0.2) is 0 Å². The van der Waals surface area contributed by atoms with E-state index in [4.69, 9.17) is 9.47 Å². The van der Waals surface area contributed by atoms with E-state index in [1.54, 1.807) is 38.3 Å². The van der Waals surface area contributed by atoms with Gasteiger partial charge < -0.3 is 20.1 Å². The molecule has 3 rings (SSSR count). The lowest BCUT2D eigenvalue weighted by atomic mass is 10.1. The van der Waals surface area contributed by atoms with Crippen molar-refractivity contribution in [1.82, 2.24) is 5.32 Å². The molecule has 0 heterocycles. The first kappa shape index (κ1) is 23.0. The number of ether oxygens (including phenoxy) is 2. The normalized spacial score (nSPS) is 11.4. The van der Waals surface area contributed by atoms with Gasteiger partial charge in [0, 0.05) is 31.5 Å². The van der Waals surface area contributed by atoms with Crippen LogP contribution < -0.4 is 15.4 Å². The molecule has 166 valence electrons. The highest BCUT2D eigenvalue weighted by molar-refractivity contribution is 5.96. The summed E-state index contributed by atoms with van der Waals surface area (Å²) in [6, 6.07) is 24.4. The van der Waals surface area contributed by atoms with Gasteiger partial charge in [-0.1, -0.05) is 42.5 Å². The Balaban J connectivity index is 1.50. The van der Waals surface area contributed by atoms with Crippen molar-refractivity contribution in [3.63, 3.8) is 0 Å². The number of benzene rings is 3. The minimum absolute atomic E-state index is 0.158. The molecule has 2 N–H and O–H groups in total. The summed E-state index contributed by atoms with van der Waals surface area (Å²) in [5, 5.41) is 5.64. The molecule has 6 nitrogen and oxygen atoms in total. The van der Waals surface area contributed by atoms with Crippen LogP contribution in [-0.4, -0.2) is 38.2 Å². The first-order chi connectivity index (χ1) is 15.6. The smallest absolute Gasteiger partial charge is 0.265 e. The molecule has 0 radical (unpaired) electrons. The molecule has 1 atom stereocenters. The second-order valence-corrected chi connectivity index (χ2v) is 7.32. The third-order valence-corrected chi connectivity index (χ3v) is 4.87. The SMILES string of the molecule is COCCCNC(=O)c1ccc(NC(=O)C(C)Oc2ccc(-c3ccccc3)cc2)cc1. The lowest BCUT2D eigenvalue weighted by Gasteiger charge is -2.15. The van der Waals surface area contributed by atoms with Crippen LogP contribution in [0.4, 0.5) is 5.69 Å². The zero-order valence-electron chi connectivity index (χ0n) is 18.3. The molecule has 0 saturated heterocycles. The molecule has 0 aliphatic heterocycles. The Bertz CT molecular complexity index is 1000. The molecule has 6 heteroatoms. The molecule has 0 aliphatic carbocycles. The molecular formula is C26H28N2O4. The predicted molar refractivity (Wildman–Crippen MR) is 126 cm³/mol. The Morgan fingerprint density at radius 1 is 0.875 bits per heavy atom. The molecule has 0 spiro atoms. The predicted octanol–water partition coefficient (Wildman–Crippen LogP) is 4.53. The monoisotopic (exact) mass is 432 g/mol. The van der Waals surface area contributed by atoms with E-state index in [-0.39, 0.29) is 11.8 Å². The number of rotatable bonds is 10. The van der Waals surface area contributed by atoms with Crippen molar-refractivity contribution in [3.05, 3.63) is 84.4 Å². The summed E-state index contributed by atoms with van der Waals surface area (Å²) < 4.78 is 10.7. The van der Waals surface area contributed by atoms with Crippen LogP contribution in [0.2, 0.25) is 0 Å². The minimum atomic E-state index is -0.679. The molecule has 0 aliphatic rings. The lowest BCUT2D eigenvalue weighted by Crippen LogP contribution is -2.30. The fourth-order valence-corrected chi connectivity index (χ4v) is 3.08. The summed E-state index contributed by atoms with van der Waals surface area (Å²) in [6.45, 7) is 2.84. The number of carbonyl (C=O) groups is 2. The van der Waals surface area contributed by atoms with E-state index in [2.05, 4.69) is 10.6 Å². The number of anilines is 1. The van der Waals surface area contributed by atoms with Gasteiger partial charge in [0.25, 0.3) is 11.8 Å². The summed E-state index contributed by atoms with van der Waals surface area (Å²) in [4.78, 5) is 24.6. The van der Waals surface area contributed by atoms with E-state index >= 15 is 0 Å². The van der Waals surface area contributed by atoms with E-state index in [0.29, 0.717) is 30.2 Å². The van der Waals surface area contributed by atoms with Gasteiger partial charge in [-0.3, -0.25) is 9.59 Å². The Kier molecular flexibility index (Phi) is 8.40. The number of carbonyl (C=O) groups excluding carboxylic acids is 2. The first-order valence-electron chi connectivity index (χ1n) is 10.6. The Morgan fingerprint density at radius 2 is 1.53 bits per heavy atom. The molecule has 3 aromatic carbocycles. The molecule has 32 heavy (non-hydrogen) atoms. The van der Waals surface area contributed by atoms with Gasteiger partial charge in [0.15, 0.2) is 6.10 Å². The largest absolute Gasteiger partial charge is 0.481 e. The maximum atomic E-state index is 12.5. The zero-order chi connectivity index (χ0) is 22.8. The van der Waals surface area contributed by atoms with Crippen molar-refractivity contribution in [1.29, 1.82) is 0 Å². The van der Waals surface area contributed by atoms with Crippen LogP contribution in [0, 0.1) is 0 Å². The van der Waals surface area contributed by atoms with Gasteiger partial charge in [-0.2, -0.15) is 0 Å². The molecule has 0 bridgehead atoms. The van der Waals surface area contributed by atoms with E-state index in [1.807, 2.05) is 54.6 Å². The molecule has 0 aromatic heterocycles. The maximum Gasteiger partial charge on any atom is 0.265 e. The number of hydrogen-bond acceptors (Lipinski definition) is 4. The molecule has 2 amide bonds. The minimum Gasteiger partial charge on any atom is -0.481 e. The van der Waals surface area contributed by atoms with Gasteiger partial charge in [0.05, 0.1) is 0 Å². The van der Waals surface area contributed by atoms with Gasteiger partial charge in [-0.05, 0) is 60.9 Å². The molecule has 1 unspecified atom stereocenters. The number of amides is 2. The first-order valence-corrected chi connectivity index (χ1v) is 10.6. The second-order valence-electron chi connectivity index (χ2n) is 7.32. The van der Waals surface area contributed by atoms with E-state index in [0.717, 1.165) is 17.5 Å². The lowest BCUT2D eigenvalue weighted by molar-refractivity contribution is -0.122. The Hall–Kier alpha value is -3.64. The van der Waals surface area contributed by atoms with Crippen LogP contribution in [0.15, 0.2) is 78.9 Å². The summed E-state index contributed by atoms with van der Waals surface area (Å²) in [5.74, 6) is 0.191. The van der Waals surface area contributed by atoms with Gasteiger partial charge in [0.2, 0.25) is 0 Å². The topological polar surface area (TPSA) is 76.7 Å². The zero-order valence-corrected chi connectivity index (χ0v) is 18.3. The third kappa shape index (κ3) is 6.68. The van der Waals surface area contributed by atoms with Gasteiger partial charge >= 0.3 is 0 Å². The average molecular weight is 433 g/mol. The van der Waals surface area contributed by atoms with Crippen molar-refractivity contribution in [2.24, 2.45) is 0 Å². The van der Waals surface area contributed by atoms with Gasteiger partial charge in [-0.15, -0.1) is 0 Å². The van der Waals surface area contributed by atoms with Gasteiger partial charge in [0.1, 0.15) is 5.75 Å². The van der Waals surface area contributed by atoms with Crippen LogP contribution in [0.3, 0.4) is 0 Å². The molecular weight excluding hydrogens is 404 g/mol. The number of nitrogens with one attached hydrogen (secondary N) is 2. The fourth-order valence-electron chi connectivity index (χ4n) is 3.08. The summed E-state index contributed by atoms with van der Waals surface area (Å²) in [6.07, 6.45) is 0.0739. The molecule has 3 aromatic rings. The van der Waals surface area contributed by atoms with Crippen molar-refractivity contribution >= 4 is 17.5 Å². The van der Waals surface area contributed by atoms with Crippen molar-refractivity contribution in [2.45, 2.75) is 19.4 Å². The number of methoxy groups -OCH3 is 1. The van der Waals surface area contributed by atoms with Crippen LogP contribution in [0.5, 0.6) is 5.75 Å². The maximum absolute atomic E-state index is 12.5. The summed E-state index contributed by atoms with van der Waals surface area (Å²) in [5.41, 5.74) is 3.33. The Labute approximate surface area is 188 Å². The van der Waals surface area contributed by atoms with Crippen molar-refractivity contribution < 1.29 is 19.1 Å². The van der Waals surface area contributed by atoms with E-state index in [9.17, 15) is 9.59 Å². The van der Waals surface area contributed by atoms with Crippen LogP contribution in [0.25, 0.3) is 11.1 Å². The molecule has 0 fully saturated rings.